The van der Waals surface area contributed by atoms with Gasteiger partial charge in [0, 0.05) is 18.5 Å². The molecule has 0 radical (unpaired) electrons. The van der Waals surface area contributed by atoms with Crippen LogP contribution in [0.25, 0.3) is 0 Å². The van der Waals surface area contributed by atoms with Crippen LogP contribution in [0.3, 0.4) is 0 Å². The molecule has 7 heteroatoms. The molecular weight excluding hydrogens is 224 g/mol. The van der Waals surface area contributed by atoms with Gasteiger partial charge < -0.3 is 0 Å². The summed E-state index contributed by atoms with van der Waals surface area (Å²) >= 11 is 5.67. The summed E-state index contributed by atoms with van der Waals surface area (Å²) in [7, 11) is -4.42. The second kappa shape index (κ2) is 4.06. The Hall–Kier alpha value is 0.0600. The average Bonchev–Trinajstić information content (AvgIpc) is 2.04. The predicted octanol–water partition coefficient (Wildman–Crippen LogP) is 1.24. The summed E-state index contributed by atoms with van der Waals surface area (Å²) in [5.74, 6) is -3.34. The standard InChI is InChI=1S/C6H10ClF2NO2S/c7-5-2-1-3-10(4-5)13(11,12)6(8)9/h5-6H,1-4H2. The van der Waals surface area contributed by atoms with Crippen LogP contribution in [0.5, 0.6) is 0 Å². The number of sulfonamides is 1. The number of halogens is 3. The highest BCUT2D eigenvalue weighted by Gasteiger charge is 2.34. The second-order valence-electron chi connectivity index (χ2n) is 2.90. The first-order valence-corrected chi connectivity index (χ1v) is 5.79. The van der Waals surface area contributed by atoms with E-state index in [1.165, 1.54) is 0 Å². The van der Waals surface area contributed by atoms with Gasteiger partial charge >= 0.3 is 5.76 Å². The van der Waals surface area contributed by atoms with Crippen molar-refractivity contribution in [1.82, 2.24) is 4.31 Å². The molecule has 1 heterocycles. The highest BCUT2D eigenvalue weighted by Crippen LogP contribution is 2.21. The Morgan fingerprint density at radius 2 is 2.08 bits per heavy atom. The molecule has 0 spiro atoms. The van der Waals surface area contributed by atoms with E-state index in [4.69, 9.17) is 11.6 Å². The van der Waals surface area contributed by atoms with Gasteiger partial charge in [-0.2, -0.15) is 13.1 Å². The van der Waals surface area contributed by atoms with Gasteiger partial charge in [0.15, 0.2) is 0 Å². The first kappa shape index (κ1) is 11.1. The molecule has 1 atom stereocenters. The minimum absolute atomic E-state index is 0.00573. The number of piperidine rings is 1. The molecule has 0 aliphatic carbocycles. The van der Waals surface area contributed by atoms with Gasteiger partial charge in [0.05, 0.1) is 0 Å². The Morgan fingerprint density at radius 1 is 1.46 bits per heavy atom. The zero-order valence-corrected chi connectivity index (χ0v) is 8.36. The van der Waals surface area contributed by atoms with Crippen molar-refractivity contribution < 1.29 is 17.2 Å². The first-order valence-electron chi connectivity index (χ1n) is 3.86. The molecule has 13 heavy (non-hydrogen) atoms. The third kappa shape index (κ3) is 2.51. The van der Waals surface area contributed by atoms with E-state index >= 15 is 0 Å². The molecule has 0 bridgehead atoms. The van der Waals surface area contributed by atoms with Gasteiger partial charge in [0.1, 0.15) is 0 Å². The zero-order valence-electron chi connectivity index (χ0n) is 6.79. The monoisotopic (exact) mass is 233 g/mol. The van der Waals surface area contributed by atoms with Gasteiger partial charge in [-0.05, 0) is 12.8 Å². The summed E-state index contributed by atoms with van der Waals surface area (Å²) in [5.41, 5.74) is 0. The summed E-state index contributed by atoms with van der Waals surface area (Å²) in [5, 5.41) is -0.345. The van der Waals surface area contributed by atoms with Crippen molar-refractivity contribution in [3.63, 3.8) is 0 Å². The Kier molecular flexibility index (Phi) is 3.48. The van der Waals surface area contributed by atoms with Crippen LogP contribution in [-0.2, 0) is 10.0 Å². The van der Waals surface area contributed by atoms with Crippen LogP contribution >= 0.6 is 11.6 Å². The van der Waals surface area contributed by atoms with E-state index in [9.17, 15) is 17.2 Å². The molecule has 3 nitrogen and oxygen atoms in total. The maximum absolute atomic E-state index is 12.1. The molecule has 0 N–H and O–H groups in total. The van der Waals surface area contributed by atoms with E-state index in [0.717, 1.165) is 4.31 Å². The molecule has 1 unspecified atom stereocenters. The Labute approximate surface area is 80.7 Å². The van der Waals surface area contributed by atoms with Crippen molar-refractivity contribution in [1.29, 1.82) is 0 Å². The fraction of sp³-hybridized carbons (Fsp3) is 1.00. The number of hydrogen-bond acceptors (Lipinski definition) is 2. The average molecular weight is 234 g/mol. The molecule has 0 aromatic carbocycles. The van der Waals surface area contributed by atoms with Crippen LogP contribution < -0.4 is 0 Å². The highest BCUT2D eigenvalue weighted by molar-refractivity contribution is 7.89. The summed E-state index contributed by atoms with van der Waals surface area (Å²) in [4.78, 5) is 0. The van der Waals surface area contributed by atoms with E-state index < -0.39 is 15.8 Å². The molecule has 1 fully saturated rings. The molecular formula is C6H10ClF2NO2S. The molecule has 1 saturated heterocycles. The molecule has 1 aliphatic rings. The van der Waals surface area contributed by atoms with Crippen LogP contribution in [0.4, 0.5) is 8.78 Å². The third-order valence-corrected chi connectivity index (χ3v) is 3.77. The van der Waals surface area contributed by atoms with Gasteiger partial charge in [0.25, 0.3) is 10.0 Å². The molecule has 0 aromatic heterocycles. The molecule has 0 aromatic rings. The lowest BCUT2D eigenvalue weighted by Gasteiger charge is -2.28. The van der Waals surface area contributed by atoms with Crippen LogP contribution in [-0.4, -0.2) is 36.9 Å². The molecule has 0 saturated carbocycles. The normalized spacial score (nSPS) is 26.6. The molecule has 78 valence electrons. The van der Waals surface area contributed by atoms with Crippen LogP contribution in [0.15, 0.2) is 0 Å². The lowest BCUT2D eigenvalue weighted by molar-refractivity contribution is 0.214. The largest absolute Gasteiger partial charge is 0.350 e. The van der Waals surface area contributed by atoms with Crippen molar-refractivity contribution >= 4 is 21.6 Å². The summed E-state index contributed by atoms with van der Waals surface area (Å²) in [6, 6.07) is 0. The van der Waals surface area contributed by atoms with Crippen LogP contribution in [0.1, 0.15) is 12.8 Å². The number of hydrogen-bond donors (Lipinski definition) is 0. The SMILES string of the molecule is O=S(=O)(C(F)F)N1CCCC(Cl)C1. The summed E-state index contributed by atoms with van der Waals surface area (Å²) < 4.78 is 46.8. The van der Waals surface area contributed by atoms with Crippen molar-refractivity contribution in [2.24, 2.45) is 0 Å². The maximum atomic E-state index is 12.1. The van der Waals surface area contributed by atoms with E-state index in [0.29, 0.717) is 12.8 Å². The Morgan fingerprint density at radius 3 is 2.54 bits per heavy atom. The van der Waals surface area contributed by atoms with E-state index in [2.05, 4.69) is 0 Å². The fourth-order valence-corrected chi connectivity index (χ4v) is 2.64. The minimum Gasteiger partial charge on any atom is -0.206 e. The number of nitrogens with zero attached hydrogens (tertiary/aromatic N) is 1. The van der Waals surface area contributed by atoms with E-state index in [1.54, 1.807) is 0 Å². The van der Waals surface area contributed by atoms with Crippen molar-refractivity contribution in [2.75, 3.05) is 13.1 Å². The van der Waals surface area contributed by atoms with Crippen molar-refractivity contribution in [3.05, 3.63) is 0 Å². The third-order valence-electron chi connectivity index (χ3n) is 1.91. The fourth-order valence-electron chi connectivity index (χ4n) is 1.24. The maximum Gasteiger partial charge on any atom is 0.350 e. The van der Waals surface area contributed by atoms with Gasteiger partial charge in [-0.15, -0.1) is 11.6 Å². The zero-order chi connectivity index (χ0) is 10.1. The topological polar surface area (TPSA) is 37.4 Å². The van der Waals surface area contributed by atoms with Crippen LogP contribution in [0.2, 0.25) is 0 Å². The van der Waals surface area contributed by atoms with Gasteiger partial charge in [-0.25, -0.2) is 8.42 Å². The van der Waals surface area contributed by atoms with Crippen molar-refractivity contribution in [3.8, 4) is 0 Å². The quantitative estimate of drug-likeness (QED) is 0.673. The van der Waals surface area contributed by atoms with Gasteiger partial charge in [0.2, 0.25) is 0 Å². The molecule has 1 rings (SSSR count). The lowest BCUT2D eigenvalue weighted by Crippen LogP contribution is -2.42. The minimum atomic E-state index is -4.42. The molecule has 0 amide bonds. The molecule has 1 aliphatic heterocycles. The summed E-state index contributed by atoms with van der Waals surface area (Å²) in [6.45, 7) is 0.143. The summed E-state index contributed by atoms with van der Waals surface area (Å²) in [6.07, 6.45) is 1.22. The first-order chi connectivity index (χ1) is 5.94. The van der Waals surface area contributed by atoms with E-state index in [-0.39, 0.29) is 18.5 Å². The smallest absolute Gasteiger partial charge is 0.206 e. The van der Waals surface area contributed by atoms with Gasteiger partial charge in [-0.3, -0.25) is 0 Å². The second-order valence-corrected chi connectivity index (χ2v) is 5.42. The lowest BCUT2D eigenvalue weighted by atomic mass is 10.2. The number of alkyl halides is 3. The Balaban J connectivity index is 2.71. The Bertz CT molecular complexity index is 270. The van der Waals surface area contributed by atoms with E-state index in [1.807, 2.05) is 0 Å². The predicted molar refractivity (Wildman–Crippen MR) is 45.4 cm³/mol. The van der Waals surface area contributed by atoms with Crippen LogP contribution in [0, 0.1) is 0 Å². The van der Waals surface area contributed by atoms with Gasteiger partial charge in [-0.1, -0.05) is 0 Å². The van der Waals surface area contributed by atoms with Crippen molar-refractivity contribution in [2.45, 2.75) is 24.0 Å². The highest BCUT2D eigenvalue weighted by atomic mass is 35.5. The number of rotatable bonds is 2.